The minimum absolute atomic E-state index is 0.887. The molecule has 2 aromatic heterocycles. The monoisotopic (exact) mass is 149 g/mol. The van der Waals surface area contributed by atoms with Gasteiger partial charge in [0.05, 0.1) is 6.20 Å². The van der Waals surface area contributed by atoms with Crippen molar-refractivity contribution in [1.82, 2.24) is 14.4 Å². The molecule has 2 aromatic rings. The van der Waals surface area contributed by atoms with Crippen molar-refractivity contribution in [2.75, 3.05) is 0 Å². The van der Waals surface area contributed by atoms with E-state index in [-0.39, 0.29) is 0 Å². The summed E-state index contributed by atoms with van der Waals surface area (Å²) in [6, 6.07) is 0. The lowest BCUT2D eigenvalue weighted by Gasteiger charge is -1.86. The molecule has 0 aliphatic rings. The van der Waals surface area contributed by atoms with Crippen molar-refractivity contribution >= 4 is 5.65 Å². The van der Waals surface area contributed by atoms with Gasteiger partial charge in [-0.1, -0.05) is 13.8 Å². The number of imidazole rings is 1. The largest absolute Gasteiger partial charge is 0.304 e. The summed E-state index contributed by atoms with van der Waals surface area (Å²) in [5.74, 6) is 0. The Morgan fingerprint density at radius 3 is 2.64 bits per heavy atom. The van der Waals surface area contributed by atoms with Gasteiger partial charge in [0.2, 0.25) is 0 Å². The molecule has 0 radical (unpaired) electrons. The van der Waals surface area contributed by atoms with Crippen LogP contribution in [0.25, 0.3) is 5.65 Å². The van der Waals surface area contributed by atoms with E-state index < -0.39 is 0 Å². The fraction of sp³-hybridized carbons (Fsp3) is 0.250. The smallest absolute Gasteiger partial charge is 0.155 e. The van der Waals surface area contributed by atoms with Crippen LogP contribution in [-0.2, 0) is 0 Å². The Kier molecular flexibility index (Phi) is 2.60. The molecule has 3 heteroatoms. The van der Waals surface area contributed by atoms with Crippen LogP contribution in [0.3, 0.4) is 0 Å². The number of hydrogen-bond acceptors (Lipinski definition) is 2. The second kappa shape index (κ2) is 3.71. The predicted molar refractivity (Wildman–Crippen MR) is 44.3 cm³/mol. The third-order valence-corrected chi connectivity index (χ3v) is 1.20. The summed E-state index contributed by atoms with van der Waals surface area (Å²) >= 11 is 0. The summed E-state index contributed by atoms with van der Waals surface area (Å²) in [6.45, 7) is 4.00. The molecule has 0 fully saturated rings. The van der Waals surface area contributed by atoms with E-state index in [0.717, 1.165) is 5.65 Å². The van der Waals surface area contributed by atoms with Gasteiger partial charge in [-0.3, -0.25) is 4.98 Å². The van der Waals surface area contributed by atoms with E-state index in [4.69, 9.17) is 0 Å². The molecule has 0 bridgehead atoms. The molecule has 2 heterocycles. The minimum Gasteiger partial charge on any atom is -0.304 e. The summed E-state index contributed by atoms with van der Waals surface area (Å²) in [4.78, 5) is 7.92. The normalized spacial score (nSPS) is 8.91. The van der Waals surface area contributed by atoms with Gasteiger partial charge in [-0.15, -0.1) is 0 Å². The summed E-state index contributed by atoms with van der Waals surface area (Å²) in [5, 5.41) is 0. The third-order valence-electron chi connectivity index (χ3n) is 1.20. The quantitative estimate of drug-likeness (QED) is 0.571. The first kappa shape index (κ1) is 7.72. The molecule has 0 N–H and O–H groups in total. The van der Waals surface area contributed by atoms with Crippen LogP contribution in [0.15, 0.2) is 31.0 Å². The van der Waals surface area contributed by atoms with Crippen LogP contribution in [0.1, 0.15) is 13.8 Å². The molecule has 0 aliphatic heterocycles. The fourth-order valence-electron chi connectivity index (χ4n) is 0.771. The number of fused-ring (bicyclic) bond motifs is 1. The minimum atomic E-state index is 0.887. The van der Waals surface area contributed by atoms with E-state index in [9.17, 15) is 0 Å². The van der Waals surface area contributed by atoms with E-state index in [2.05, 4.69) is 9.97 Å². The Morgan fingerprint density at radius 2 is 1.91 bits per heavy atom. The zero-order valence-corrected chi connectivity index (χ0v) is 6.73. The van der Waals surface area contributed by atoms with Crippen LogP contribution in [0.2, 0.25) is 0 Å². The molecule has 2 rings (SSSR count). The maximum atomic E-state index is 4.02. The van der Waals surface area contributed by atoms with Crippen molar-refractivity contribution in [3.63, 3.8) is 0 Å². The molecule has 0 atom stereocenters. The zero-order valence-electron chi connectivity index (χ0n) is 6.73. The maximum Gasteiger partial charge on any atom is 0.155 e. The number of aromatic nitrogens is 3. The lowest BCUT2D eigenvalue weighted by molar-refractivity contribution is 1.13. The first-order chi connectivity index (χ1) is 5.47. The molecule has 0 saturated heterocycles. The molecule has 0 spiro atoms. The number of rotatable bonds is 0. The molecule has 3 nitrogen and oxygen atoms in total. The Bertz CT molecular complexity index is 283. The standard InChI is InChI=1S/C6H5N3.C2H6/c1-3-9-4-2-8-6(9)5-7-1;1-2/h1-5H;1-2H3. The predicted octanol–water partition coefficient (Wildman–Crippen LogP) is 1.76. The van der Waals surface area contributed by atoms with Gasteiger partial charge in [0, 0.05) is 24.8 Å². The van der Waals surface area contributed by atoms with Gasteiger partial charge in [0.1, 0.15) is 0 Å². The van der Waals surface area contributed by atoms with Gasteiger partial charge in [-0.2, -0.15) is 0 Å². The summed E-state index contributed by atoms with van der Waals surface area (Å²) in [6.07, 6.45) is 8.95. The molecule has 0 aromatic carbocycles. The second-order valence-corrected chi connectivity index (χ2v) is 1.77. The van der Waals surface area contributed by atoms with Crippen molar-refractivity contribution in [2.45, 2.75) is 13.8 Å². The molecule has 0 saturated carbocycles. The average Bonchev–Trinajstić information content (AvgIpc) is 2.55. The number of nitrogens with zero attached hydrogens (tertiary/aromatic N) is 3. The van der Waals surface area contributed by atoms with Gasteiger partial charge in [-0.05, 0) is 0 Å². The van der Waals surface area contributed by atoms with Crippen molar-refractivity contribution in [3.8, 4) is 0 Å². The third kappa shape index (κ3) is 1.55. The van der Waals surface area contributed by atoms with Crippen molar-refractivity contribution in [3.05, 3.63) is 31.0 Å². The van der Waals surface area contributed by atoms with E-state index in [1.54, 1.807) is 18.6 Å². The Balaban J connectivity index is 0.000000281. The zero-order chi connectivity index (χ0) is 8.10. The van der Waals surface area contributed by atoms with Crippen LogP contribution in [0.5, 0.6) is 0 Å². The van der Waals surface area contributed by atoms with Gasteiger partial charge < -0.3 is 4.40 Å². The van der Waals surface area contributed by atoms with Crippen LogP contribution >= 0.6 is 0 Å². The topological polar surface area (TPSA) is 30.2 Å². The average molecular weight is 149 g/mol. The lowest BCUT2D eigenvalue weighted by atomic mass is 10.7. The highest BCUT2D eigenvalue weighted by atomic mass is 15.0. The van der Waals surface area contributed by atoms with Crippen LogP contribution in [0, 0.1) is 0 Å². The van der Waals surface area contributed by atoms with E-state index >= 15 is 0 Å². The molecule has 0 unspecified atom stereocenters. The van der Waals surface area contributed by atoms with Gasteiger partial charge in [0.25, 0.3) is 0 Å². The molecule has 58 valence electrons. The molecule has 0 amide bonds. The maximum absolute atomic E-state index is 4.02. The first-order valence-corrected chi connectivity index (χ1v) is 3.69. The van der Waals surface area contributed by atoms with Crippen molar-refractivity contribution in [2.24, 2.45) is 0 Å². The summed E-state index contributed by atoms with van der Waals surface area (Å²) in [7, 11) is 0. The fourth-order valence-corrected chi connectivity index (χ4v) is 0.771. The highest BCUT2D eigenvalue weighted by Crippen LogP contribution is 1.93. The molecule has 0 aliphatic carbocycles. The molecular weight excluding hydrogens is 138 g/mol. The van der Waals surface area contributed by atoms with E-state index in [0.29, 0.717) is 0 Å². The summed E-state index contributed by atoms with van der Waals surface area (Å²) in [5.41, 5.74) is 0.887. The van der Waals surface area contributed by atoms with E-state index in [1.165, 1.54) is 0 Å². The Morgan fingerprint density at radius 1 is 1.18 bits per heavy atom. The van der Waals surface area contributed by atoms with Crippen LogP contribution in [0.4, 0.5) is 0 Å². The van der Waals surface area contributed by atoms with Gasteiger partial charge in [-0.25, -0.2) is 4.98 Å². The van der Waals surface area contributed by atoms with Crippen molar-refractivity contribution < 1.29 is 0 Å². The highest BCUT2D eigenvalue weighted by Gasteiger charge is 1.86. The SMILES string of the molecule is CC.c1cn2ccnc2cn1. The van der Waals surface area contributed by atoms with Crippen LogP contribution in [-0.4, -0.2) is 14.4 Å². The lowest BCUT2D eigenvalue weighted by Crippen LogP contribution is -1.81. The van der Waals surface area contributed by atoms with E-state index in [1.807, 2.05) is 30.6 Å². The van der Waals surface area contributed by atoms with Crippen LogP contribution < -0.4 is 0 Å². The second-order valence-electron chi connectivity index (χ2n) is 1.77. The van der Waals surface area contributed by atoms with Crippen molar-refractivity contribution in [1.29, 1.82) is 0 Å². The van der Waals surface area contributed by atoms with Gasteiger partial charge in [0.15, 0.2) is 5.65 Å². The molecule has 11 heavy (non-hydrogen) atoms. The Hall–Kier alpha value is -1.38. The summed E-state index contributed by atoms with van der Waals surface area (Å²) < 4.78 is 1.91. The van der Waals surface area contributed by atoms with Gasteiger partial charge >= 0.3 is 0 Å². The Labute approximate surface area is 65.7 Å². The number of hydrogen-bond donors (Lipinski definition) is 0. The molecular formula is C8H11N3. The first-order valence-electron chi connectivity index (χ1n) is 3.69. The highest BCUT2D eigenvalue weighted by molar-refractivity contribution is 5.33.